The lowest BCUT2D eigenvalue weighted by Crippen LogP contribution is -2.25. The molecule has 0 radical (unpaired) electrons. The second-order valence-corrected chi connectivity index (χ2v) is 5.95. The smallest absolute Gasteiger partial charge is 0.312 e. The van der Waals surface area contributed by atoms with Crippen molar-refractivity contribution in [2.45, 2.75) is 27.3 Å². The van der Waals surface area contributed by atoms with Gasteiger partial charge in [-0.05, 0) is 32.0 Å². The minimum atomic E-state index is -0.527. The van der Waals surface area contributed by atoms with Crippen molar-refractivity contribution < 1.29 is 14.8 Å². The molecular formula is C15H17ClN4O4. The third kappa shape index (κ3) is 3.65. The van der Waals surface area contributed by atoms with E-state index in [9.17, 15) is 20.0 Å². The Bertz CT molecular complexity index is 803. The summed E-state index contributed by atoms with van der Waals surface area (Å²) >= 11 is 5.84. The first-order chi connectivity index (χ1) is 11.2. The number of hydrogen-bond donors (Lipinski definition) is 2. The number of aromatic nitrogens is 2. The highest BCUT2D eigenvalue weighted by atomic mass is 35.5. The molecule has 9 heteroatoms. The number of hydrogen-bond acceptors (Lipinski definition) is 5. The summed E-state index contributed by atoms with van der Waals surface area (Å²) in [6.45, 7) is 4.98. The van der Waals surface area contributed by atoms with Crippen molar-refractivity contribution in [2.24, 2.45) is 5.92 Å². The topological polar surface area (TPSA) is 110 Å². The lowest BCUT2D eigenvalue weighted by Gasteiger charge is -2.14. The van der Waals surface area contributed by atoms with Gasteiger partial charge in [0.15, 0.2) is 0 Å². The first-order valence-corrected chi connectivity index (χ1v) is 7.56. The molecule has 0 aliphatic rings. The van der Waals surface area contributed by atoms with Crippen LogP contribution in [0.25, 0.3) is 0 Å². The monoisotopic (exact) mass is 352 g/mol. The third-order valence-electron chi connectivity index (χ3n) is 3.64. The highest BCUT2D eigenvalue weighted by Crippen LogP contribution is 2.27. The fourth-order valence-electron chi connectivity index (χ4n) is 2.34. The number of phenolic OH excluding ortho intramolecular Hbond substituents is 1. The van der Waals surface area contributed by atoms with E-state index in [0.29, 0.717) is 16.4 Å². The maximum Gasteiger partial charge on any atom is 0.312 e. The van der Waals surface area contributed by atoms with Crippen molar-refractivity contribution in [2.75, 3.05) is 5.32 Å². The summed E-state index contributed by atoms with van der Waals surface area (Å²) in [6, 6.07) is 4.33. The normalized spacial score (nSPS) is 12.0. The van der Waals surface area contributed by atoms with E-state index in [2.05, 4.69) is 10.4 Å². The minimum Gasteiger partial charge on any atom is -0.506 e. The predicted octanol–water partition coefficient (Wildman–Crippen LogP) is 3.04. The summed E-state index contributed by atoms with van der Waals surface area (Å²) in [5.74, 6) is -0.981. The first-order valence-electron chi connectivity index (χ1n) is 7.18. The van der Waals surface area contributed by atoms with Crippen molar-refractivity contribution in [1.82, 2.24) is 9.78 Å². The molecule has 2 rings (SSSR count). The molecule has 1 heterocycles. The number of phenols is 1. The van der Waals surface area contributed by atoms with E-state index in [0.717, 1.165) is 0 Å². The Balaban J connectivity index is 2.14. The number of amides is 1. The number of rotatable bonds is 5. The number of carbonyl (C=O) groups excluding carboxylic acids is 1. The number of nitrogens with zero attached hydrogens (tertiary/aromatic N) is 3. The molecule has 1 amide bonds. The zero-order valence-electron chi connectivity index (χ0n) is 13.4. The molecule has 1 unspecified atom stereocenters. The van der Waals surface area contributed by atoms with E-state index in [-0.39, 0.29) is 29.6 Å². The maximum atomic E-state index is 12.3. The molecule has 2 aromatic rings. The molecule has 1 aromatic heterocycles. The van der Waals surface area contributed by atoms with E-state index < -0.39 is 10.8 Å². The standard InChI is InChI=1S/C15H17ClN4O4/c1-8(7-19-10(3)14(20(23)24)9(2)18-19)15(22)17-12-6-11(16)4-5-13(12)21/h4-6,8,21H,7H2,1-3H3,(H,17,22). The van der Waals surface area contributed by atoms with Gasteiger partial charge in [-0.15, -0.1) is 0 Å². The Hall–Kier alpha value is -2.61. The summed E-state index contributed by atoms with van der Waals surface area (Å²) in [5.41, 5.74) is 0.856. The second kappa shape index (κ2) is 6.88. The van der Waals surface area contributed by atoms with Crippen LogP contribution >= 0.6 is 11.6 Å². The van der Waals surface area contributed by atoms with Gasteiger partial charge in [0.05, 0.1) is 23.1 Å². The summed E-state index contributed by atoms with van der Waals surface area (Å²) in [4.78, 5) is 22.8. The molecule has 0 spiro atoms. The number of nitro groups is 1. The minimum absolute atomic E-state index is 0.0462. The molecule has 0 saturated carbocycles. The van der Waals surface area contributed by atoms with Crippen LogP contribution in [0, 0.1) is 29.9 Å². The molecule has 8 nitrogen and oxygen atoms in total. The lowest BCUT2D eigenvalue weighted by molar-refractivity contribution is -0.386. The first kappa shape index (κ1) is 17.7. The Morgan fingerprint density at radius 2 is 2.17 bits per heavy atom. The lowest BCUT2D eigenvalue weighted by atomic mass is 10.1. The molecule has 0 saturated heterocycles. The van der Waals surface area contributed by atoms with Gasteiger partial charge in [0.1, 0.15) is 17.1 Å². The molecule has 24 heavy (non-hydrogen) atoms. The highest BCUT2D eigenvalue weighted by molar-refractivity contribution is 6.31. The Morgan fingerprint density at radius 3 is 2.75 bits per heavy atom. The molecule has 0 bridgehead atoms. The number of carbonyl (C=O) groups is 1. The number of nitrogens with one attached hydrogen (secondary N) is 1. The van der Waals surface area contributed by atoms with Crippen molar-refractivity contribution in [3.05, 3.63) is 44.7 Å². The predicted molar refractivity (Wildman–Crippen MR) is 89.3 cm³/mol. The van der Waals surface area contributed by atoms with Crippen LogP contribution in [-0.2, 0) is 11.3 Å². The van der Waals surface area contributed by atoms with Gasteiger partial charge < -0.3 is 10.4 Å². The average molecular weight is 353 g/mol. The van der Waals surface area contributed by atoms with Gasteiger partial charge in [0, 0.05) is 5.02 Å². The SMILES string of the molecule is Cc1nn(CC(C)C(=O)Nc2cc(Cl)ccc2O)c(C)c1[N+](=O)[O-]. The molecule has 0 aliphatic heterocycles. The second-order valence-electron chi connectivity index (χ2n) is 5.51. The molecule has 0 aliphatic carbocycles. The summed E-state index contributed by atoms with van der Waals surface area (Å²) in [6.07, 6.45) is 0. The fraction of sp³-hybridized carbons (Fsp3) is 0.333. The number of aromatic hydroxyl groups is 1. The van der Waals surface area contributed by atoms with Crippen LogP contribution < -0.4 is 5.32 Å². The van der Waals surface area contributed by atoms with Crippen molar-refractivity contribution in [3.8, 4) is 5.75 Å². The largest absolute Gasteiger partial charge is 0.506 e. The quantitative estimate of drug-likeness (QED) is 0.488. The van der Waals surface area contributed by atoms with E-state index in [1.165, 1.54) is 22.9 Å². The number of anilines is 1. The van der Waals surface area contributed by atoms with E-state index >= 15 is 0 Å². The van der Waals surface area contributed by atoms with Crippen molar-refractivity contribution >= 4 is 28.9 Å². The zero-order chi connectivity index (χ0) is 18.0. The number of aryl methyl sites for hydroxylation is 1. The number of halogens is 1. The summed E-state index contributed by atoms with van der Waals surface area (Å²) in [5, 5.41) is 27.8. The van der Waals surface area contributed by atoms with Crippen LogP contribution in [0.2, 0.25) is 5.02 Å². The average Bonchev–Trinajstić information content (AvgIpc) is 2.77. The Labute approximate surface area is 143 Å². The molecule has 128 valence electrons. The van der Waals surface area contributed by atoms with Gasteiger partial charge >= 0.3 is 5.69 Å². The van der Waals surface area contributed by atoms with Crippen LogP contribution in [0.1, 0.15) is 18.3 Å². The van der Waals surface area contributed by atoms with Crippen molar-refractivity contribution in [3.63, 3.8) is 0 Å². The molecule has 1 atom stereocenters. The van der Waals surface area contributed by atoms with Gasteiger partial charge in [0.2, 0.25) is 5.91 Å². The summed E-state index contributed by atoms with van der Waals surface area (Å²) in [7, 11) is 0. The van der Waals surface area contributed by atoms with E-state index in [1.807, 2.05) is 0 Å². The van der Waals surface area contributed by atoms with Crippen molar-refractivity contribution in [1.29, 1.82) is 0 Å². The van der Waals surface area contributed by atoms with E-state index in [4.69, 9.17) is 11.6 Å². The van der Waals surface area contributed by atoms with Gasteiger partial charge in [-0.2, -0.15) is 5.10 Å². The van der Waals surface area contributed by atoms with Gasteiger partial charge in [-0.25, -0.2) is 0 Å². The Kier molecular flexibility index (Phi) is 5.08. The molecule has 0 fully saturated rings. The zero-order valence-corrected chi connectivity index (χ0v) is 14.2. The maximum absolute atomic E-state index is 12.3. The fourth-order valence-corrected chi connectivity index (χ4v) is 2.51. The van der Waals surface area contributed by atoms with Crippen LogP contribution in [0.15, 0.2) is 18.2 Å². The molecular weight excluding hydrogens is 336 g/mol. The third-order valence-corrected chi connectivity index (χ3v) is 3.87. The van der Waals surface area contributed by atoms with Crippen LogP contribution in [0.5, 0.6) is 5.75 Å². The van der Waals surface area contributed by atoms with Gasteiger partial charge in [-0.1, -0.05) is 18.5 Å². The van der Waals surface area contributed by atoms with Crippen LogP contribution in [0.3, 0.4) is 0 Å². The van der Waals surface area contributed by atoms with Gasteiger partial charge in [-0.3, -0.25) is 19.6 Å². The molecule has 2 N–H and O–H groups in total. The van der Waals surface area contributed by atoms with E-state index in [1.54, 1.807) is 20.8 Å². The number of benzene rings is 1. The van der Waals surface area contributed by atoms with Crippen LogP contribution in [0.4, 0.5) is 11.4 Å². The highest BCUT2D eigenvalue weighted by Gasteiger charge is 2.24. The summed E-state index contributed by atoms with van der Waals surface area (Å²) < 4.78 is 1.44. The van der Waals surface area contributed by atoms with Gasteiger partial charge in [0.25, 0.3) is 0 Å². The Morgan fingerprint density at radius 1 is 1.50 bits per heavy atom. The molecule has 1 aromatic carbocycles. The van der Waals surface area contributed by atoms with Crippen LogP contribution in [-0.4, -0.2) is 25.7 Å².